The highest BCUT2D eigenvalue weighted by atomic mass is 35.5. The van der Waals surface area contributed by atoms with E-state index >= 15 is 0 Å². The molecule has 0 unspecified atom stereocenters. The average molecular weight is 260 g/mol. The summed E-state index contributed by atoms with van der Waals surface area (Å²) in [6, 6.07) is 5.50. The Bertz CT molecular complexity index is 377. The fourth-order valence-electron chi connectivity index (χ4n) is 1.23. The second kappa shape index (κ2) is 6.12. The van der Waals surface area contributed by atoms with Crippen molar-refractivity contribution in [2.24, 2.45) is 5.92 Å². The summed E-state index contributed by atoms with van der Waals surface area (Å²) in [5.41, 5.74) is 1.07. The van der Waals surface area contributed by atoms with Gasteiger partial charge in [-0.3, -0.25) is 4.79 Å². The molecule has 0 atom stereocenters. The summed E-state index contributed by atoms with van der Waals surface area (Å²) in [5.74, 6) is 0.0915. The predicted molar refractivity (Wildman–Crippen MR) is 68.0 cm³/mol. The highest BCUT2D eigenvalue weighted by Crippen LogP contribution is 2.22. The Hall–Kier alpha value is -0.730. The standard InChI is InChI=1S/C12H15Cl2NO/c1-8(2)12(16)15-6-5-9-3-4-10(13)11(14)7-9/h3-4,7-8H,5-6H2,1-2H3,(H,15,16). The first-order chi connectivity index (χ1) is 7.50. The van der Waals surface area contributed by atoms with Gasteiger partial charge in [-0.15, -0.1) is 0 Å². The van der Waals surface area contributed by atoms with Gasteiger partial charge in [0.15, 0.2) is 0 Å². The average Bonchev–Trinajstić information content (AvgIpc) is 2.23. The van der Waals surface area contributed by atoms with Crippen LogP contribution in [0.3, 0.4) is 0 Å². The minimum Gasteiger partial charge on any atom is -0.356 e. The van der Waals surface area contributed by atoms with Crippen LogP contribution >= 0.6 is 23.2 Å². The van der Waals surface area contributed by atoms with E-state index in [1.165, 1.54) is 0 Å². The number of amides is 1. The van der Waals surface area contributed by atoms with Crippen molar-refractivity contribution >= 4 is 29.1 Å². The molecule has 0 aliphatic carbocycles. The Labute approximate surface area is 106 Å². The van der Waals surface area contributed by atoms with Crippen molar-refractivity contribution < 1.29 is 4.79 Å². The van der Waals surface area contributed by atoms with Crippen molar-refractivity contribution in [3.63, 3.8) is 0 Å². The van der Waals surface area contributed by atoms with E-state index in [9.17, 15) is 4.79 Å². The van der Waals surface area contributed by atoms with Gasteiger partial charge in [-0.1, -0.05) is 43.1 Å². The van der Waals surface area contributed by atoms with E-state index in [0.717, 1.165) is 12.0 Å². The van der Waals surface area contributed by atoms with Crippen LogP contribution in [-0.4, -0.2) is 12.5 Å². The summed E-state index contributed by atoms with van der Waals surface area (Å²) in [5, 5.41) is 3.95. The van der Waals surface area contributed by atoms with Crippen molar-refractivity contribution in [2.45, 2.75) is 20.3 Å². The quantitative estimate of drug-likeness (QED) is 0.884. The molecular formula is C12H15Cl2NO. The largest absolute Gasteiger partial charge is 0.356 e. The molecule has 1 rings (SSSR count). The summed E-state index contributed by atoms with van der Waals surface area (Å²) in [7, 11) is 0. The van der Waals surface area contributed by atoms with Crippen LogP contribution in [0.4, 0.5) is 0 Å². The molecule has 0 heterocycles. The summed E-state index contributed by atoms with van der Waals surface area (Å²) >= 11 is 11.7. The van der Waals surface area contributed by atoms with Crippen LogP contribution in [0.15, 0.2) is 18.2 Å². The Balaban J connectivity index is 2.43. The monoisotopic (exact) mass is 259 g/mol. The molecule has 0 saturated heterocycles. The number of rotatable bonds is 4. The Morgan fingerprint density at radius 3 is 2.56 bits per heavy atom. The molecular weight excluding hydrogens is 245 g/mol. The molecule has 0 aromatic heterocycles. The lowest BCUT2D eigenvalue weighted by Gasteiger charge is -2.08. The third kappa shape index (κ3) is 4.03. The number of benzene rings is 1. The molecule has 1 aromatic carbocycles. The summed E-state index contributed by atoms with van der Waals surface area (Å²) in [6.45, 7) is 4.36. The van der Waals surface area contributed by atoms with Gasteiger partial charge >= 0.3 is 0 Å². The number of nitrogens with one attached hydrogen (secondary N) is 1. The van der Waals surface area contributed by atoms with Crippen molar-refractivity contribution in [3.8, 4) is 0 Å². The second-order valence-corrected chi connectivity index (χ2v) is 4.76. The molecule has 0 aliphatic rings. The lowest BCUT2D eigenvalue weighted by Crippen LogP contribution is -2.29. The lowest BCUT2D eigenvalue weighted by molar-refractivity contribution is -0.123. The number of halogens is 2. The molecule has 1 amide bonds. The molecule has 88 valence electrons. The highest BCUT2D eigenvalue weighted by molar-refractivity contribution is 6.42. The zero-order valence-corrected chi connectivity index (χ0v) is 10.9. The van der Waals surface area contributed by atoms with Gasteiger partial charge in [0, 0.05) is 12.5 Å². The molecule has 0 spiro atoms. The van der Waals surface area contributed by atoms with Crippen LogP contribution in [0, 0.1) is 5.92 Å². The topological polar surface area (TPSA) is 29.1 Å². The molecule has 2 nitrogen and oxygen atoms in total. The number of hydrogen-bond acceptors (Lipinski definition) is 1. The maximum Gasteiger partial charge on any atom is 0.222 e. The van der Waals surface area contributed by atoms with Crippen LogP contribution in [0.5, 0.6) is 0 Å². The minimum absolute atomic E-state index is 0.0220. The minimum atomic E-state index is 0.0220. The first-order valence-electron chi connectivity index (χ1n) is 5.22. The van der Waals surface area contributed by atoms with Crippen molar-refractivity contribution in [1.82, 2.24) is 5.32 Å². The Kier molecular flexibility index (Phi) is 5.10. The Morgan fingerprint density at radius 1 is 1.31 bits per heavy atom. The first-order valence-corrected chi connectivity index (χ1v) is 5.98. The van der Waals surface area contributed by atoms with Crippen molar-refractivity contribution in [1.29, 1.82) is 0 Å². The lowest BCUT2D eigenvalue weighted by atomic mass is 10.1. The molecule has 0 bridgehead atoms. The molecule has 1 N–H and O–H groups in total. The van der Waals surface area contributed by atoms with Crippen molar-refractivity contribution in [3.05, 3.63) is 33.8 Å². The van der Waals surface area contributed by atoms with Crippen LogP contribution in [0.25, 0.3) is 0 Å². The van der Waals surface area contributed by atoms with E-state index in [-0.39, 0.29) is 11.8 Å². The molecule has 0 aliphatic heterocycles. The first kappa shape index (κ1) is 13.3. The number of carbonyl (C=O) groups excluding carboxylic acids is 1. The summed E-state index contributed by atoms with van der Waals surface area (Å²) in [4.78, 5) is 11.3. The zero-order chi connectivity index (χ0) is 12.1. The van der Waals surface area contributed by atoms with Crippen LogP contribution in [0.2, 0.25) is 10.0 Å². The van der Waals surface area contributed by atoms with E-state index in [1.807, 2.05) is 26.0 Å². The van der Waals surface area contributed by atoms with Gasteiger partial charge in [0.05, 0.1) is 10.0 Å². The van der Waals surface area contributed by atoms with E-state index in [4.69, 9.17) is 23.2 Å². The fourth-order valence-corrected chi connectivity index (χ4v) is 1.55. The molecule has 4 heteroatoms. The predicted octanol–water partition coefficient (Wildman–Crippen LogP) is 3.31. The second-order valence-electron chi connectivity index (χ2n) is 3.94. The SMILES string of the molecule is CC(C)C(=O)NCCc1ccc(Cl)c(Cl)c1. The normalized spacial score (nSPS) is 10.6. The third-order valence-corrected chi connectivity index (χ3v) is 2.96. The van der Waals surface area contributed by atoms with E-state index < -0.39 is 0 Å². The van der Waals surface area contributed by atoms with Gasteiger partial charge in [-0.2, -0.15) is 0 Å². The molecule has 0 fully saturated rings. The smallest absolute Gasteiger partial charge is 0.222 e. The van der Waals surface area contributed by atoms with Gasteiger partial charge in [0.2, 0.25) is 5.91 Å². The van der Waals surface area contributed by atoms with Crippen molar-refractivity contribution in [2.75, 3.05) is 6.54 Å². The van der Waals surface area contributed by atoms with Crippen LogP contribution in [-0.2, 0) is 11.2 Å². The van der Waals surface area contributed by atoms with Crippen LogP contribution < -0.4 is 5.32 Å². The fraction of sp³-hybridized carbons (Fsp3) is 0.417. The third-order valence-electron chi connectivity index (χ3n) is 2.22. The van der Waals surface area contributed by atoms with Gasteiger partial charge in [-0.05, 0) is 24.1 Å². The maximum absolute atomic E-state index is 11.3. The zero-order valence-electron chi connectivity index (χ0n) is 9.39. The van der Waals surface area contributed by atoms with E-state index in [2.05, 4.69) is 5.32 Å². The van der Waals surface area contributed by atoms with Gasteiger partial charge in [-0.25, -0.2) is 0 Å². The maximum atomic E-state index is 11.3. The molecule has 16 heavy (non-hydrogen) atoms. The van der Waals surface area contributed by atoms with Crippen LogP contribution in [0.1, 0.15) is 19.4 Å². The summed E-state index contributed by atoms with van der Waals surface area (Å²) in [6.07, 6.45) is 0.759. The molecule has 0 radical (unpaired) electrons. The summed E-state index contributed by atoms with van der Waals surface area (Å²) < 4.78 is 0. The number of hydrogen-bond donors (Lipinski definition) is 1. The molecule has 0 saturated carbocycles. The van der Waals surface area contributed by atoms with E-state index in [1.54, 1.807) is 6.07 Å². The number of carbonyl (C=O) groups is 1. The Morgan fingerprint density at radius 2 is 2.00 bits per heavy atom. The highest BCUT2D eigenvalue weighted by Gasteiger charge is 2.05. The van der Waals surface area contributed by atoms with Gasteiger partial charge < -0.3 is 5.32 Å². The van der Waals surface area contributed by atoms with Gasteiger partial charge in [0.1, 0.15) is 0 Å². The van der Waals surface area contributed by atoms with E-state index in [0.29, 0.717) is 16.6 Å². The van der Waals surface area contributed by atoms with Gasteiger partial charge in [0.25, 0.3) is 0 Å². The molecule has 1 aromatic rings.